The number of benzene rings is 2. The van der Waals surface area contributed by atoms with Gasteiger partial charge in [0.2, 0.25) is 0 Å². The number of carbonyl (C=O) groups excluding carboxylic acids is 2. The number of para-hydroxylation sites is 1. The Labute approximate surface area is 156 Å². The van der Waals surface area contributed by atoms with Crippen molar-refractivity contribution in [1.29, 1.82) is 0 Å². The molecule has 3 rings (SSSR count). The molecule has 1 aliphatic heterocycles. The molecule has 27 heavy (non-hydrogen) atoms. The highest BCUT2D eigenvalue weighted by molar-refractivity contribution is 6.47. The van der Waals surface area contributed by atoms with Crippen molar-refractivity contribution in [3.05, 3.63) is 65.2 Å². The summed E-state index contributed by atoms with van der Waals surface area (Å²) in [6.45, 7) is 0. The van der Waals surface area contributed by atoms with Gasteiger partial charge in [0.05, 0.1) is 5.56 Å². The van der Waals surface area contributed by atoms with Crippen molar-refractivity contribution in [2.75, 3.05) is 0 Å². The van der Waals surface area contributed by atoms with Crippen LogP contribution in [0.1, 0.15) is 45.5 Å². The number of carboxylic acid groups (broad SMARTS) is 1. The van der Waals surface area contributed by atoms with Gasteiger partial charge in [-0.1, -0.05) is 42.5 Å². The van der Waals surface area contributed by atoms with Gasteiger partial charge in [-0.2, -0.15) is 0 Å². The smallest absolute Gasteiger partial charge is 0.526 e. The predicted molar refractivity (Wildman–Crippen MR) is 99.1 cm³/mol. The minimum Gasteiger partial charge on any atom is -0.535 e. The fraction of sp³-hybridized carbons (Fsp3) is 0.250. The average molecular weight is 366 g/mol. The Balaban J connectivity index is 1.59. The van der Waals surface area contributed by atoms with Crippen LogP contribution in [0.15, 0.2) is 48.5 Å². The zero-order valence-electron chi connectivity index (χ0n) is 14.6. The Kier molecular flexibility index (Phi) is 5.71. The summed E-state index contributed by atoms with van der Waals surface area (Å²) in [5, 5.41) is 19.4. The normalized spacial score (nSPS) is 15.6. The lowest BCUT2D eigenvalue weighted by atomic mass is 9.64. The van der Waals surface area contributed by atoms with Crippen LogP contribution in [0.3, 0.4) is 0 Å². The maximum Gasteiger partial charge on any atom is 0.526 e. The van der Waals surface area contributed by atoms with Gasteiger partial charge in [0, 0.05) is 30.6 Å². The van der Waals surface area contributed by atoms with Crippen LogP contribution in [-0.2, 0) is 11.2 Å². The number of fused-ring (bicyclic) bond motifs is 1. The molecule has 1 heterocycles. The monoisotopic (exact) mass is 366 g/mol. The van der Waals surface area contributed by atoms with Crippen molar-refractivity contribution >= 4 is 24.7 Å². The molecular formula is C20H19BO6. The van der Waals surface area contributed by atoms with Crippen molar-refractivity contribution in [3.63, 3.8) is 0 Å². The second kappa shape index (κ2) is 8.18. The highest BCUT2D eigenvalue weighted by Gasteiger charge is 2.37. The molecule has 2 aromatic rings. The Morgan fingerprint density at radius 3 is 2.48 bits per heavy atom. The Bertz CT molecular complexity index is 864. The van der Waals surface area contributed by atoms with E-state index in [1.807, 2.05) is 6.07 Å². The summed E-state index contributed by atoms with van der Waals surface area (Å²) in [5.41, 5.74) is 1.21. The van der Waals surface area contributed by atoms with Crippen LogP contribution in [0.2, 0.25) is 5.82 Å². The number of aromatic carboxylic acids is 1. The third kappa shape index (κ3) is 4.43. The number of Topliss-reactive ketones (excluding diaryl/α,β-unsaturated/α-hetero) is 2. The minimum absolute atomic E-state index is 0.00946. The first-order valence-electron chi connectivity index (χ1n) is 8.75. The molecule has 0 aliphatic carbocycles. The predicted octanol–water partition coefficient (Wildman–Crippen LogP) is 2.79. The van der Waals surface area contributed by atoms with Gasteiger partial charge in [-0.05, 0) is 18.1 Å². The summed E-state index contributed by atoms with van der Waals surface area (Å²) >= 11 is 0. The van der Waals surface area contributed by atoms with Crippen LogP contribution in [0.25, 0.3) is 0 Å². The van der Waals surface area contributed by atoms with E-state index >= 15 is 0 Å². The van der Waals surface area contributed by atoms with E-state index < -0.39 is 18.9 Å². The topological polar surface area (TPSA) is 101 Å². The molecule has 0 fully saturated rings. The maximum absolute atomic E-state index is 12.3. The summed E-state index contributed by atoms with van der Waals surface area (Å²) in [5.74, 6) is -1.68. The average Bonchev–Trinajstić information content (AvgIpc) is 2.66. The maximum atomic E-state index is 12.3. The molecule has 138 valence electrons. The Morgan fingerprint density at radius 1 is 1.04 bits per heavy atom. The molecule has 0 saturated carbocycles. The molecule has 1 aliphatic rings. The highest BCUT2D eigenvalue weighted by Crippen LogP contribution is 2.36. The number of carboxylic acids is 1. The number of hydrogen-bond donors (Lipinski definition) is 2. The van der Waals surface area contributed by atoms with Crippen molar-refractivity contribution < 1.29 is 29.2 Å². The van der Waals surface area contributed by atoms with Gasteiger partial charge in [0.1, 0.15) is 11.5 Å². The van der Waals surface area contributed by atoms with Gasteiger partial charge >= 0.3 is 13.1 Å². The standard InChI is InChI=1S/C20H19BO6/c22-16(9-10-18(23)13-5-2-1-3-6-13)12-15-11-14-7-4-8-17(20(24)25)19(14)27-21(15)26/h1-8,15,26H,9-12H2,(H,24,25)/t15-/m1/s1. The van der Waals surface area contributed by atoms with Crippen LogP contribution in [0.5, 0.6) is 5.75 Å². The lowest BCUT2D eigenvalue weighted by molar-refractivity contribution is -0.119. The van der Waals surface area contributed by atoms with Crippen LogP contribution < -0.4 is 4.65 Å². The fourth-order valence-electron chi connectivity index (χ4n) is 3.24. The number of carbonyl (C=O) groups is 3. The first kappa shape index (κ1) is 18.9. The molecule has 6 nitrogen and oxygen atoms in total. The third-order valence-corrected chi connectivity index (χ3v) is 4.67. The van der Waals surface area contributed by atoms with Gasteiger partial charge in [-0.25, -0.2) is 4.79 Å². The molecular weight excluding hydrogens is 347 g/mol. The van der Waals surface area contributed by atoms with E-state index in [0.717, 1.165) is 0 Å². The van der Waals surface area contributed by atoms with Gasteiger partial charge in [-0.3, -0.25) is 9.59 Å². The van der Waals surface area contributed by atoms with E-state index in [9.17, 15) is 24.5 Å². The lowest BCUT2D eigenvalue weighted by Crippen LogP contribution is -2.35. The van der Waals surface area contributed by atoms with Crippen molar-refractivity contribution in [2.24, 2.45) is 0 Å². The molecule has 0 bridgehead atoms. The van der Waals surface area contributed by atoms with Gasteiger partial charge in [0.25, 0.3) is 0 Å². The molecule has 2 N–H and O–H groups in total. The molecule has 0 radical (unpaired) electrons. The molecule has 7 heteroatoms. The number of hydrogen-bond acceptors (Lipinski definition) is 5. The fourth-order valence-corrected chi connectivity index (χ4v) is 3.24. The lowest BCUT2D eigenvalue weighted by Gasteiger charge is -2.28. The molecule has 2 aromatic carbocycles. The highest BCUT2D eigenvalue weighted by atomic mass is 16.5. The molecule has 0 spiro atoms. The number of rotatable bonds is 7. The molecule has 0 aromatic heterocycles. The van der Waals surface area contributed by atoms with Gasteiger partial charge in [-0.15, -0.1) is 0 Å². The zero-order chi connectivity index (χ0) is 19.4. The zero-order valence-corrected chi connectivity index (χ0v) is 14.6. The summed E-state index contributed by atoms with van der Waals surface area (Å²) in [4.78, 5) is 35.6. The molecule has 1 atom stereocenters. The van der Waals surface area contributed by atoms with Crippen molar-refractivity contribution in [1.82, 2.24) is 0 Å². The SMILES string of the molecule is O=C(CCC(=O)c1ccccc1)C[C@H]1Cc2cccc(C(=O)O)c2OB1O. The van der Waals surface area contributed by atoms with Crippen molar-refractivity contribution in [2.45, 2.75) is 31.5 Å². The van der Waals surface area contributed by atoms with Crippen LogP contribution >= 0.6 is 0 Å². The van der Waals surface area contributed by atoms with E-state index in [1.54, 1.807) is 36.4 Å². The van der Waals surface area contributed by atoms with Crippen LogP contribution in [0, 0.1) is 0 Å². The second-order valence-corrected chi connectivity index (χ2v) is 6.60. The summed E-state index contributed by atoms with van der Waals surface area (Å²) in [6.07, 6.45) is 0.626. The first-order chi connectivity index (χ1) is 13.0. The molecule has 0 saturated heterocycles. The quantitative estimate of drug-likeness (QED) is 0.577. The minimum atomic E-state index is -1.26. The van der Waals surface area contributed by atoms with Gasteiger partial charge in [0.15, 0.2) is 5.78 Å². The molecule has 0 unspecified atom stereocenters. The third-order valence-electron chi connectivity index (χ3n) is 4.67. The Hall–Kier alpha value is -2.93. The number of ketones is 2. The first-order valence-corrected chi connectivity index (χ1v) is 8.75. The van der Waals surface area contributed by atoms with E-state index in [-0.39, 0.29) is 42.1 Å². The van der Waals surface area contributed by atoms with Crippen molar-refractivity contribution in [3.8, 4) is 5.75 Å². The van der Waals surface area contributed by atoms with E-state index in [2.05, 4.69) is 0 Å². The van der Waals surface area contributed by atoms with Gasteiger partial charge < -0.3 is 14.8 Å². The summed E-state index contributed by atoms with van der Waals surface area (Å²) in [7, 11) is -1.26. The molecule has 0 amide bonds. The van der Waals surface area contributed by atoms with Crippen LogP contribution in [-0.4, -0.2) is 34.8 Å². The Morgan fingerprint density at radius 2 is 1.78 bits per heavy atom. The summed E-state index contributed by atoms with van der Waals surface area (Å²) < 4.78 is 5.39. The second-order valence-electron chi connectivity index (χ2n) is 6.60. The van der Waals surface area contributed by atoms with E-state index in [1.165, 1.54) is 6.07 Å². The largest absolute Gasteiger partial charge is 0.535 e. The summed E-state index contributed by atoms with van der Waals surface area (Å²) in [6, 6.07) is 13.5. The van der Waals surface area contributed by atoms with Crippen LogP contribution in [0.4, 0.5) is 0 Å². The van der Waals surface area contributed by atoms with E-state index in [4.69, 9.17) is 4.65 Å². The van der Waals surface area contributed by atoms with E-state index in [0.29, 0.717) is 17.5 Å².